The van der Waals surface area contributed by atoms with Crippen LogP contribution in [-0.4, -0.2) is 17.8 Å². The Bertz CT molecular complexity index is 605. The van der Waals surface area contributed by atoms with Crippen LogP contribution in [0.25, 0.3) is 0 Å². The van der Waals surface area contributed by atoms with Crippen LogP contribution in [0.15, 0.2) is 22.6 Å². The van der Waals surface area contributed by atoms with Gasteiger partial charge in [0.05, 0.1) is 28.6 Å². The number of anilines is 1. The first-order valence-corrected chi connectivity index (χ1v) is 7.56. The SMILES string of the molecule is CCOc1c(Cl)cc(/C=N\Nc2nc(C)cs2)cc1Cl. The van der Waals surface area contributed by atoms with Gasteiger partial charge in [-0.2, -0.15) is 5.10 Å². The molecule has 20 heavy (non-hydrogen) atoms. The van der Waals surface area contributed by atoms with Crippen LogP contribution in [-0.2, 0) is 0 Å². The summed E-state index contributed by atoms with van der Waals surface area (Å²) in [6.07, 6.45) is 1.63. The first-order chi connectivity index (χ1) is 9.60. The van der Waals surface area contributed by atoms with Crippen molar-refractivity contribution in [1.29, 1.82) is 0 Å². The van der Waals surface area contributed by atoms with Crippen LogP contribution < -0.4 is 10.2 Å². The van der Waals surface area contributed by atoms with Crippen LogP contribution in [0.2, 0.25) is 10.0 Å². The zero-order valence-corrected chi connectivity index (χ0v) is 13.3. The summed E-state index contributed by atoms with van der Waals surface area (Å²) in [5.41, 5.74) is 4.59. The van der Waals surface area contributed by atoms with Gasteiger partial charge in [0.1, 0.15) is 0 Å². The zero-order valence-electron chi connectivity index (χ0n) is 11.0. The molecule has 0 unspecified atom stereocenters. The van der Waals surface area contributed by atoms with Crippen LogP contribution in [0.3, 0.4) is 0 Å². The van der Waals surface area contributed by atoms with Gasteiger partial charge in [-0.15, -0.1) is 11.3 Å². The number of benzene rings is 1. The van der Waals surface area contributed by atoms with E-state index < -0.39 is 0 Å². The van der Waals surface area contributed by atoms with Gasteiger partial charge in [-0.05, 0) is 31.5 Å². The minimum Gasteiger partial charge on any atom is -0.491 e. The smallest absolute Gasteiger partial charge is 0.203 e. The van der Waals surface area contributed by atoms with E-state index in [0.717, 1.165) is 16.4 Å². The summed E-state index contributed by atoms with van der Waals surface area (Å²) >= 11 is 13.7. The normalized spacial score (nSPS) is 11.0. The molecule has 1 N–H and O–H groups in total. The van der Waals surface area contributed by atoms with Crippen molar-refractivity contribution >= 4 is 45.9 Å². The number of hydrogen-bond acceptors (Lipinski definition) is 5. The Morgan fingerprint density at radius 3 is 2.65 bits per heavy atom. The first-order valence-electron chi connectivity index (χ1n) is 5.93. The number of nitrogens with zero attached hydrogens (tertiary/aromatic N) is 2. The molecule has 4 nitrogen and oxygen atoms in total. The van der Waals surface area contributed by atoms with Gasteiger partial charge in [0.15, 0.2) is 5.75 Å². The van der Waals surface area contributed by atoms with Gasteiger partial charge in [-0.3, -0.25) is 5.43 Å². The number of aromatic nitrogens is 1. The quantitative estimate of drug-likeness (QED) is 0.644. The van der Waals surface area contributed by atoms with Crippen molar-refractivity contribution in [2.75, 3.05) is 12.0 Å². The van der Waals surface area contributed by atoms with E-state index in [-0.39, 0.29) is 0 Å². The Labute approximate surface area is 131 Å². The largest absolute Gasteiger partial charge is 0.491 e. The molecular weight excluding hydrogens is 317 g/mol. The average Bonchev–Trinajstić information content (AvgIpc) is 2.80. The second-order valence-electron chi connectivity index (χ2n) is 3.91. The molecule has 0 saturated carbocycles. The summed E-state index contributed by atoms with van der Waals surface area (Å²) in [7, 11) is 0. The van der Waals surface area contributed by atoms with Gasteiger partial charge >= 0.3 is 0 Å². The molecule has 7 heteroatoms. The molecule has 106 valence electrons. The topological polar surface area (TPSA) is 46.5 Å². The second-order valence-corrected chi connectivity index (χ2v) is 5.58. The minimum absolute atomic E-state index is 0.464. The summed E-state index contributed by atoms with van der Waals surface area (Å²) in [5, 5.41) is 7.71. The molecule has 0 bridgehead atoms. The molecule has 0 aliphatic rings. The highest BCUT2D eigenvalue weighted by atomic mass is 35.5. The molecule has 0 aliphatic carbocycles. The Morgan fingerprint density at radius 2 is 2.10 bits per heavy atom. The fourth-order valence-corrected chi connectivity index (χ4v) is 2.75. The molecule has 0 aliphatic heterocycles. The number of rotatable bonds is 5. The van der Waals surface area contributed by atoms with Crippen molar-refractivity contribution < 1.29 is 4.74 Å². The van der Waals surface area contributed by atoms with Crippen LogP contribution in [0.4, 0.5) is 5.13 Å². The summed E-state index contributed by atoms with van der Waals surface area (Å²) in [6.45, 7) is 4.32. The van der Waals surface area contributed by atoms with Crippen LogP contribution in [0.5, 0.6) is 5.75 Å². The highest BCUT2D eigenvalue weighted by molar-refractivity contribution is 7.13. The van der Waals surface area contributed by atoms with E-state index in [1.807, 2.05) is 19.2 Å². The molecule has 0 radical (unpaired) electrons. The van der Waals surface area contributed by atoms with Crippen LogP contribution in [0, 0.1) is 6.92 Å². The Kier molecular flexibility index (Phi) is 5.23. The van der Waals surface area contributed by atoms with Gasteiger partial charge < -0.3 is 4.74 Å². The summed E-state index contributed by atoms with van der Waals surface area (Å²) in [6, 6.07) is 3.49. The number of hydrazone groups is 1. The average molecular weight is 330 g/mol. The monoisotopic (exact) mass is 329 g/mol. The highest BCUT2D eigenvalue weighted by Gasteiger charge is 2.08. The molecule has 0 amide bonds. The van der Waals surface area contributed by atoms with Crippen molar-refractivity contribution in [2.24, 2.45) is 5.10 Å². The Morgan fingerprint density at radius 1 is 1.40 bits per heavy atom. The van der Waals surface area contributed by atoms with Gasteiger partial charge in [-0.1, -0.05) is 23.2 Å². The maximum Gasteiger partial charge on any atom is 0.203 e. The number of halogens is 2. The molecule has 1 heterocycles. The molecule has 1 aromatic heterocycles. The van der Waals surface area contributed by atoms with E-state index in [2.05, 4.69) is 15.5 Å². The van der Waals surface area contributed by atoms with Gasteiger partial charge in [0, 0.05) is 5.38 Å². The maximum absolute atomic E-state index is 6.11. The fraction of sp³-hybridized carbons (Fsp3) is 0.231. The minimum atomic E-state index is 0.464. The molecule has 2 rings (SSSR count). The van der Waals surface area contributed by atoms with E-state index in [4.69, 9.17) is 27.9 Å². The van der Waals surface area contributed by atoms with E-state index in [0.29, 0.717) is 22.4 Å². The third-order valence-corrected chi connectivity index (χ3v) is 3.73. The lowest BCUT2D eigenvalue weighted by Gasteiger charge is -2.08. The van der Waals surface area contributed by atoms with Gasteiger partial charge in [-0.25, -0.2) is 4.98 Å². The van der Waals surface area contributed by atoms with E-state index in [1.54, 1.807) is 18.3 Å². The summed E-state index contributed by atoms with van der Waals surface area (Å²) in [5.74, 6) is 0.497. The Hall–Kier alpha value is -1.30. The maximum atomic E-state index is 6.11. The number of thiazole rings is 1. The Balaban J connectivity index is 2.09. The third-order valence-electron chi connectivity index (χ3n) is 2.30. The van der Waals surface area contributed by atoms with E-state index in [9.17, 15) is 0 Å². The standard InChI is InChI=1S/C13H13Cl2N3OS/c1-3-19-12-10(14)4-9(5-11(12)15)6-16-18-13-17-8(2)7-20-13/h4-7H,3H2,1-2H3,(H,17,18)/b16-6-. The van der Waals surface area contributed by atoms with Crippen LogP contribution >= 0.6 is 34.5 Å². The molecule has 2 aromatic rings. The summed E-state index contributed by atoms with van der Waals surface area (Å²) < 4.78 is 5.37. The molecule has 0 fully saturated rings. The van der Waals surface area contributed by atoms with Gasteiger partial charge in [0.2, 0.25) is 5.13 Å². The van der Waals surface area contributed by atoms with Crippen molar-refractivity contribution in [2.45, 2.75) is 13.8 Å². The lowest BCUT2D eigenvalue weighted by molar-refractivity contribution is 0.340. The molecule has 1 aromatic carbocycles. The molecule has 0 saturated heterocycles. The van der Waals surface area contributed by atoms with Crippen molar-refractivity contribution in [3.63, 3.8) is 0 Å². The lowest BCUT2D eigenvalue weighted by atomic mass is 10.2. The predicted octanol–water partition coefficient (Wildman–Crippen LogP) is 4.60. The molecule has 0 atom stereocenters. The second kappa shape index (κ2) is 6.92. The first kappa shape index (κ1) is 15.1. The molecular formula is C13H13Cl2N3OS. The number of ether oxygens (including phenoxy) is 1. The number of aryl methyl sites for hydroxylation is 1. The van der Waals surface area contributed by atoms with E-state index >= 15 is 0 Å². The van der Waals surface area contributed by atoms with Crippen LogP contribution in [0.1, 0.15) is 18.2 Å². The predicted molar refractivity (Wildman–Crippen MR) is 85.7 cm³/mol. The highest BCUT2D eigenvalue weighted by Crippen LogP contribution is 2.33. The van der Waals surface area contributed by atoms with E-state index in [1.165, 1.54) is 11.3 Å². The fourth-order valence-electron chi connectivity index (χ4n) is 1.50. The van der Waals surface area contributed by atoms with Crippen molar-refractivity contribution in [3.8, 4) is 5.75 Å². The number of nitrogens with one attached hydrogen (secondary N) is 1. The zero-order chi connectivity index (χ0) is 14.5. The lowest BCUT2D eigenvalue weighted by Crippen LogP contribution is -1.95. The van der Waals surface area contributed by atoms with Gasteiger partial charge in [0.25, 0.3) is 0 Å². The summed E-state index contributed by atoms with van der Waals surface area (Å²) in [4.78, 5) is 4.24. The van der Waals surface area contributed by atoms with Crippen molar-refractivity contribution in [3.05, 3.63) is 38.8 Å². The number of hydrogen-bond donors (Lipinski definition) is 1. The molecule has 0 spiro atoms. The third kappa shape index (κ3) is 3.85. The van der Waals surface area contributed by atoms with Crippen molar-refractivity contribution in [1.82, 2.24) is 4.98 Å².